The van der Waals surface area contributed by atoms with Crippen LogP contribution in [0.5, 0.6) is 0 Å². The van der Waals surface area contributed by atoms with Crippen LogP contribution in [0.15, 0.2) is 34.9 Å². The molecular formula is C17H23N3O3S. The largest absolute Gasteiger partial charge is 0.338 e. The Morgan fingerprint density at radius 3 is 2.62 bits per heavy atom. The zero-order valence-electron chi connectivity index (χ0n) is 13.8. The van der Waals surface area contributed by atoms with Gasteiger partial charge in [-0.15, -0.1) is 0 Å². The Balaban J connectivity index is 1.67. The average Bonchev–Trinajstić information content (AvgIpc) is 3.19. The smallest absolute Gasteiger partial charge is 0.240 e. The Bertz CT molecular complexity index is 752. The molecule has 0 radical (unpaired) electrons. The zero-order chi connectivity index (χ0) is 17.0. The Kier molecular flexibility index (Phi) is 5.30. The molecule has 6 nitrogen and oxygen atoms in total. The first-order valence-corrected chi connectivity index (χ1v) is 10.3. The number of hydrogen-bond acceptors (Lipinski definition) is 6. The number of nitrogens with one attached hydrogen (secondary N) is 1. The van der Waals surface area contributed by atoms with Crippen LogP contribution in [0.1, 0.15) is 49.0 Å². The van der Waals surface area contributed by atoms with E-state index in [0.29, 0.717) is 18.4 Å². The van der Waals surface area contributed by atoms with E-state index in [1.165, 1.54) is 31.2 Å². The topological polar surface area (TPSA) is 85.1 Å². The van der Waals surface area contributed by atoms with Gasteiger partial charge in [-0.3, -0.25) is 0 Å². The van der Waals surface area contributed by atoms with E-state index in [1.54, 1.807) is 0 Å². The predicted molar refractivity (Wildman–Crippen MR) is 90.8 cm³/mol. The number of nitrogens with zero attached hydrogens (tertiary/aromatic N) is 2. The molecule has 1 aliphatic carbocycles. The monoisotopic (exact) mass is 349 g/mol. The SMILES string of the molecule is CS(=O)(=O)Cc1noc(CN[C@H](c2ccccc2)C2CCCC2)n1. The molecule has 2 aromatic rings. The lowest BCUT2D eigenvalue weighted by molar-refractivity contribution is 0.320. The van der Waals surface area contributed by atoms with Crippen LogP contribution in [0.2, 0.25) is 0 Å². The molecule has 1 saturated carbocycles. The van der Waals surface area contributed by atoms with Gasteiger partial charge in [0.15, 0.2) is 15.7 Å². The highest BCUT2D eigenvalue weighted by atomic mass is 32.2. The van der Waals surface area contributed by atoms with Crippen LogP contribution in [-0.4, -0.2) is 24.8 Å². The average molecular weight is 349 g/mol. The quantitative estimate of drug-likeness (QED) is 0.827. The van der Waals surface area contributed by atoms with Crippen molar-refractivity contribution < 1.29 is 12.9 Å². The van der Waals surface area contributed by atoms with E-state index in [2.05, 4.69) is 39.7 Å². The maximum absolute atomic E-state index is 11.3. The van der Waals surface area contributed by atoms with E-state index in [0.717, 1.165) is 6.26 Å². The van der Waals surface area contributed by atoms with Crippen molar-refractivity contribution in [2.24, 2.45) is 5.92 Å². The number of aromatic nitrogens is 2. The standard InChI is InChI=1S/C17H23N3O3S/c1-24(21,22)12-15-19-16(23-20-15)11-18-17(14-9-5-6-10-14)13-7-3-2-4-8-13/h2-4,7-8,14,17-18H,5-6,9-12H2,1H3/t17-/m1/s1. The van der Waals surface area contributed by atoms with Crippen molar-refractivity contribution in [3.63, 3.8) is 0 Å². The van der Waals surface area contributed by atoms with E-state index in [-0.39, 0.29) is 17.6 Å². The Morgan fingerprint density at radius 2 is 1.96 bits per heavy atom. The fourth-order valence-corrected chi connectivity index (χ4v) is 3.95. The normalized spacial score (nSPS) is 17.2. The number of hydrogen-bond donors (Lipinski definition) is 1. The maximum Gasteiger partial charge on any atom is 0.240 e. The van der Waals surface area contributed by atoms with Gasteiger partial charge >= 0.3 is 0 Å². The third-order valence-corrected chi connectivity index (χ3v) is 5.19. The molecule has 0 bridgehead atoms. The molecule has 1 heterocycles. The lowest BCUT2D eigenvalue weighted by atomic mass is 9.91. The molecule has 3 rings (SSSR count). The molecule has 1 atom stereocenters. The molecule has 0 saturated heterocycles. The summed E-state index contributed by atoms with van der Waals surface area (Å²) >= 11 is 0. The molecule has 0 spiro atoms. The van der Waals surface area contributed by atoms with Crippen molar-refractivity contribution in [3.8, 4) is 0 Å². The summed E-state index contributed by atoms with van der Waals surface area (Å²) in [5, 5.41) is 7.27. The molecule has 0 amide bonds. The van der Waals surface area contributed by atoms with Gasteiger partial charge in [-0.1, -0.05) is 48.3 Å². The van der Waals surface area contributed by atoms with E-state index in [4.69, 9.17) is 4.52 Å². The fraction of sp³-hybridized carbons (Fsp3) is 0.529. The van der Waals surface area contributed by atoms with Gasteiger partial charge in [0.05, 0.1) is 6.54 Å². The second-order valence-corrected chi connectivity index (χ2v) is 8.63. The van der Waals surface area contributed by atoms with Crippen LogP contribution in [0.25, 0.3) is 0 Å². The minimum atomic E-state index is -3.16. The van der Waals surface area contributed by atoms with Gasteiger partial charge < -0.3 is 9.84 Å². The van der Waals surface area contributed by atoms with E-state index >= 15 is 0 Å². The van der Waals surface area contributed by atoms with Gasteiger partial charge in [-0.2, -0.15) is 4.98 Å². The highest BCUT2D eigenvalue weighted by Gasteiger charge is 2.26. The summed E-state index contributed by atoms with van der Waals surface area (Å²) < 4.78 is 27.8. The molecule has 130 valence electrons. The van der Waals surface area contributed by atoms with Crippen molar-refractivity contribution in [3.05, 3.63) is 47.6 Å². The summed E-state index contributed by atoms with van der Waals surface area (Å²) in [5.74, 6) is 1.05. The van der Waals surface area contributed by atoms with Crippen LogP contribution in [-0.2, 0) is 22.1 Å². The lowest BCUT2D eigenvalue weighted by Gasteiger charge is -2.24. The summed E-state index contributed by atoms with van der Waals surface area (Å²) in [6.45, 7) is 0.437. The molecular weight excluding hydrogens is 326 g/mol. The summed E-state index contributed by atoms with van der Waals surface area (Å²) in [6, 6.07) is 10.6. The first-order chi connectivity index (χ1) is 11.5. The summed E-state index contributed by atoms with van der Waals surface area (Å²) in [5.41, 5.74) is 1.26. The van der Waals surface area contributed by atoms with E-state index < -0.39 is 9.84 Å². The van der Waals surface area contributed by atoms with Gasteiger partial charge in [0, 0.05) is 12.3 Å². The summed E-state index contributed by atoms with van der Waals surface area (Å²) in [4.78, 5) is 4.17. The van der Waals surface area contributed by atoms with Crippen molar-refractivity contribution in [1.82, 2.24) is 15.5 Å². The second kappa shape index (κ2) is 7.44. The van der Waals surface area contributed by atoms with Gasteiger partial charge in [-0.05, 0) is 24.3 Å². The predicted octanol–water partition coefficient (Wildman–Crippen LogP) is 2.64. The molecule has 0 aliphatic heterocycles. The first kappa shape index (κ1) is 17.1. The molecule has 1 aromatic carbocycles. The first-order valence-electron chi connectivity index (χ1n) is 8.29. The van der Waals surface area contributed by atoms with E-state index in [1.807, 2.05) is 6.07 Å². The lowest BCUT2D eigenvalue weighted by Crippen LogP contribution is -2.27. The number of sulfone groups is 1. The molecule has 24 heavy (non-hydrogen) atoms. The van der Waals surface area contributed by atoms with Crippen LogP contribution in [0.4, 0.5) is 0 Å². The zero-order valence-corrected chi connectivity index (χ0v) is 14.6. The Morgan fingerprint density at radius 1 is 1.25 bits per heavy atom. The highest BCUT2D eigenvalue weighted by Crippen LogP contribution is 2.35. The van der Waals surface area contributed by atoms with Gasteiger partial charge in [0.1, 0.15) is 5.75 Å². The second-order valence-electron chi connectivity index (χ2n) is 6.49. The van der Waals surface area contributed by atoms with Gasteiger partial charge in [0.25, 0.3) is 0 Å². The molecule has 1 aliphatic rings. The maximum atomic E-state index is 11.3. The Hall–Kier alpha value is -1.73. The number of rotatable bonds is 7. The molecule has 0 unspecified atom stereocenters. The molecule has 1 N–H and O–H groups in total. The van der Waals surface area contributed by atoms with Crippen LogP contribution in [0.3, 0.4) is 0 Å². The van der Waals surface area contributed by atoms with Crippen molar-refractivity contribution in [2.45, 2.75) is 44.0 Å². The van der Waals surface area contributed by atoms with Crippen LogP contribution >= 0.6 is 0 Å². The van der Waals surface area contributed by atoms with Crippen molar-refractivity contribution in [1.29, 1.82) is 0 Å². The fourth-order valence-electron chi connectivity index (χ4n) is 3.36. The van der Waals surface area contributed by atoms with Gasteiger partial charge in [-0.25, -0.2) is 8.42 Å². The van der Waals surface area contributed by atoms with Crippen molar-refractivity contribution in [2.75, 3.05) is 6.26 Å². The highest BCUT2D eigenvalue weighted by molar-refractivity contribution is 7.89. The van der Waals surface area contributed by atoms with Gasteiger partial charge in [0.2, 0.25) is 5.89 Å². The Labute approximate surface area is 142 Å². The minimum absolute atomic E-state index is 0.193. The molecule has 1 fully saturated rings. The number of benzene rings is 1. The van der Waals surface area contributed by atoms with Crippen LogP contribution in [0, 0.1) is 5.92 Å². The third kappa shape index (κ3) is 4.64. The summed E-state index contributed by atoms with van der Waals surface area (Å²) in [6.07, 6.45) is 6.14. The van der Waals surface area contributed by atoms with E-state index in [9.17, 15) is 8.42 Å². The summed E-state index contributed by atoms with van der Waals surface area (Å²) in [7, 11) is -3.16. The van der Waals surface area contributed by atoms with Crippen molar-refractivity contribution >= 4 is 9.84 Å². The minimum Gasteiger partial charge on any atom is -0.338 e. The van der Waals surface area contributed by atoms with Crippen LogP contribution < -0.4 is 5.32 Å². The molecule has 7 heteroatoms. The third-order valence-electron chi connectivity index (χ3n) is 4.40. The molecule has 1 aromatic heterocycles.